The first kappa shape index (κ1) is 18.0. The van der Waals surface area contributed by atoms with Crippen LogP contribution in [0.1, 0.15) is 62.5 Å². The van der Waals surface area contributed by atoms with Crippen LogP contribution in [0.5, 0.6) is 5.75 Å². The zero-order valence-electron chi connectivity index (χ0n) is 16.6. The summed E-state index contributed by atoms with van der Waals surface area (Å²) >= 11 is 0. The molecule has 0 amide bonds. The van der Waals surface area contributed by atoms with Gasteiger partial charge in [0.2, 0.25) is 0 Å². The van der Waals surface area contributed by atoms with E-state index in [1.807, 2.05) is 0 Å². The molecular formula is C23H33NO2. The number of ether oxygens (including phenoxy) is 1. The molecule has 0 heterocycles. The average Bonchev–Trinajstić information content (AvgIpc) is 2.93. The van der Waals surface area contributed by atoms with Crippen LogP contribution in [0.15, 0.2) is 18.2 Å². The minimum absolute atomic E-state index is 0.0197. The van der Waals surface area contributed by atoms with E-state index in [0.29, 0.717) is 23.5 Å². The second kappa shape index (κ2) is 6.99. The highest BCUT2D eigenvalue weighted by molar-refractivity contribution is 5.87. The Labute approximate surface area is 158 Å². The predicted molar refractivity (Wildman–Crippen MR) is 105 cm³/mol. The number of aryl methyl sites for hydroxylation is 1. The van der Waals surface area contributed by atoms with Crippen molar-refractivity contribution in [3.05, 3.63) is 29.3 Å². The van der Waals surface area contributed by atoms with E-state index in [-0.39, 0.29) is 5.41 Å². The van der Waals surface area contributed by atoms with E-state index in [1.165, 1.54) is 18.4 Å². The quantitative estimate of drug-likeness (QED) is 0.731. The number of hydrogen-bond acceptors (Lipinski definition) is 3. The molecule has 4 atom stereocenters. The zero-order valence-corrected chi connectivity index (χ0v) is 16.6. The van der Waals surface area contributed by atoms with Gasteiger partial charge in [-0.2, -0.15) is 0 Å². The molecule has 2 saturated carbocycles. The van der Waals surface area contributed by atoms with Crippen molar-refractivity contribution in [3.63, 3.8) is 0 Å². The van der Waals surface area contributed by atoms with Crippen LogP contribution in [0.3, 0.4) is 0 Å². The van der Waals surface area contributed by atoms with Gasteiger partial charge in [-0.1, -0.05) is 13.0 Å². The third-order valence-corrected chi connectivity index (χ3v) is 7.43. The smallest absolute Gasteiger partial charge is 0.139 e. The van der Waals surface area contributed by atoms with Gasteiger partial charge >= 0.3 is 0 Å². The van der Waals surface area contributed by atoms with E-state index in [0.717, 1.165) is 51.0 Å². The first-order valence-electron chi connectivity index (χ1n) is 10.4. The minimum atomic E-state index is -0.0197. The predicted octanol–water partition coefficient (Wildman–Crippen LogP) is 4.44. The van der Waals surface area contributed by atoms with Crippen molar-refractivity contribution in [2.24, 2.45) is 17.3 Å². The SMILES string of the molecule is CN(C)CCCOc1ccc2c(c1)CC[C@@H]1[C@@H]2CC[C@]2(C)C(=O)CC[C@H]12. The molecule has 3 aliphatic carbocycles. The van der Waals surface area contributed by atoms with Crippen LogP contribution in [0, 0.1) is 17.3 Å². The van der Waals surface area contributed by atoms with Crippen molar-refractivity contribution in [2.45, 2.75) is 57.8 Å². The highest BCUT2D eigenvalue weighted by Crippen LogP contribution is 2.59. The number of rotatable bonds is 5. The maximum atomic E-state index is 12.4. The second-order valence-electron chi connectivity index (χ2n) is 9.20. The van der Waals surface area contributed by atoms with E-state index in [9.17, 15) is 4.79 Å². The third-order valence-electron chi connectivity index (χ3n) is 7.43. The van der Waals surface area contributed by atoms with Gasteiger partial charge in [-0.05, 0) is 93.6 Å². The molecule has 3 heteroatoms. The van der Waals surface area contributed by atoms with Crippen LogP contribution in [-0.4, -0.2) is 37.9 Å². The molecule has 0 radical (unpaired) electrons. The van der Waals surface area contributed by atoms with Crippen LogP contribution in [-0.2, 0) is 11.2 Å². The van der Waals surface area contributed by atoms with E-state index >= 15 is 0 Å². The first-order valence-corrected chi connectivity index (χ1v) is 10.4. The summed E-state index contributed by atoms with van der Waals surface area (Å²) in [5, 5.41) is 0. The summed E-state index contributed by atoms with van der Waals surface area (Å²) in [5.41, 5.74) is 3.02. The molecule has 0 unspecified atom stereocenters. The van der Waals surface area contributed by atoms with Crippen LogP contribution >= 0.6 is 0 Å². The lowest BCUT2D eigenvalue weighted by Gasteiger charge is -2.48. The van der Waals surface area contributed by atoms with Crippen molar-refractivity contribution in [1.82, 2.24) is 4.90 Å². The molecule has 1 aromatic carbocycles. The van der Waals surface area contributed by atoms with Gasteiger partial charge in [0.15, 0.2) is 0 Å². The number of fused-ring (bicyclic) bond motifs is 5. The Kier molecular flexibility index (Phi) is 4.85. The lowest BCUT2D eigenvalue weighted by molar-refractivity contribution is -0.129. The van der Waals surface area contributed by atoms with Gasteiger partial charge in [0.1, 0.15) is 11.5 Å². The van der Waals surface area contributed by atoms with Crippen LogP contribution < -0.4 is 4.74 Å². The molecule has 0 saturated heterocycles. The Morgan fingerprint density at radius 2 is 2.04 bits per heavy atom. The summed E-state index contributed by atoms with van der Waals surface area (Å²) in [4.78, 5) is 14.6. The lowest BCUT2D eigenvalue weighted by Crippen LogP contribution is -2.42. The van der Waals surface area contributed by atoms with E-state index in [2.05, 4.69) is 44.1 Å². The fraction of sp³-hybridized carbons (Fsp3) is 0.696. The van der Waals surface area contributed by atoms with Gasteiger partial charge in [0, 0.05) is 18.4 Å². The largest absolute Gasteiger partial charge is 0.494 e. The standard InChI is InChI=1S/C23H33NO2/c1-23-12-11-19-18-8-6-17(26-14-4-13-24(2)3)15-16(18)5-7-20(19)21(23)9-10-22(23)25/h6,8,15,19-21H,4-5,7,9-14H2,1-3H3/t19-,20-,21-,23+/m1/s1. The first-order chi connectivity index (χ1) is 12.5. The summed E-state index contributed by atoms with van der Waals surface area (Å²) in [6.45, 7) is 4.10. The average molecular weight is 356 g/mol. The number of ketones is 1. The molecule has 3 aliphatic rings. The molecule has 0 bridgehead atoms. The Morgan fingerprint density at radius 3 is 2.85 bits per heavy atom. The molecule has 0 spiro atoms. The lowest BCUT2D eigenvalue weighted by atomic mass is 9.55. The van der Waals surface area contributed by atoms with Crippen molar-refractivity contribution >= 4 is 5.78 Å². The fourth-order valence-corrected chi connectivity index (χ4v) is 5.99. The van der Waals surface area contributed by atoms with Crippen molar-refractivity contribution < 1.29 is 9.53 Å². The van der Waals surface area contributed by atoms with Gasteiger partial charge in [-0.25, -0.2) is 0 Å². The number of hydrogen-bond donors (Lipinski definition) is 0. The van der Waals surface area contributed by atoms with E-state index in [1.54, 1.807) is 5.56 Å². The number of carbonyl (C=O) groups excluding carboxylic acids is 1. The molecule has 0 aliphatic heterocycles. The highest BCUT2D eigenvalue weighted by Gasteiger charge is 2.54. The molecule has 0 N–H and O–H groups in total. The Balaban J connectivity index is 1.46. The van der Waals surface area contributed by atoms with Gasteiger partial charge in [-0.15, -0.1) is 0 Å². The number of carbonyl (C=O) groups is 1. The number of benzene rings is 1. The number of Topliss-reactive ketones (excluding diaryl/α,β-unsaturated/α-hetero) is 1. The monoisotopic (exact) mass is 355 g/mol. The highest BCUT2D eigenvalue weighted by atomic mass is 16.5. The van der Waals surface area contributed by atoms with Gasteiger partial charge in [0.05, 0.1) is 6.61 Å². The second-order valence-corrected chi connectivity index (χ2v) is 9.20. The van der Waals surface area contributed by atoms with E-state index < -0.39 is 0 Å². The summed E-state index contributed by atoms with van der Waals surface area (Å²) in [5.74, 6) is 3.54. The molecule has 4 rings (SSSR count). The van der Waals surface area contributed by atoms with E-state index in [4.69, 9.17) is 4.74 Å². The zero-order chi connectivity index (χ0) is 18.3. The maximum Gasteiger partial charge on any atom is 0.139 e. The Bertz CT molecular complexity index is 683. The van der Waals surface area contributed by atoms with Crippen LogP contribution in [0.2, 0.25) is 0 Å². The van der Waals surface area contributed by atoms with Gasteiger partial charge in [-0.3, -0.25) is 4.79 Å². The maximum absolute atomic E-state index is 12.4. The topological polar surface area (TPSA) is 29.5 Å². The molecule has 3 nitrogen and oxygen atoms in total. The molecule has 0 aromatic heterocycles. The normalized spacial score (nSPS) is 32.9. The summed E-state index contributed by atoms with van der Waals surface area (Å²) < 4.78 is 5.99. The van der Waals surface area contributed by atoms with Crippen LogP contribution in [0.4, 0.5) is 0 Å². The molecule has 2 fully saturated rings. The molecule has 26 heavy (non-hydrogen) atoms. The Hall–Kier alpha value is -1.35. The third kappa shape index (κ3) is 3.09. The molecule has 1 aromatic rings. The van der Waals surface area contributed by atoms with Gasteiger partial charge in [0.25, 0.3) is 0 Å². The minimum Gasteiger partial charge on any atom is -0.494 e. The molecule has 142 valence electrons. The fourth-order valence-electron chi connectivity index (χ4n) is 5.99. The van der Waals surface area contributed by atoms with Crippen molar-refractivity contribution in [3.8, 4) is 5.75 Å². The Morgan fingerprint density at radius 1 is 1.19 bits per heavy atom. The summed E-state index contributed by atoms with van der Waals surface area (Å²) in [6.07, 6.45) is 7.65. The summed E-state index contributed by atoms with van der Waals surface area (Å²) in [6, 6.07) is 6.78. The van der Waals surface area contributed by atoms with Crippen molar-refractivity contribution in [1.29, 1.82) is 0 Å². The number of nitrogens with zero attached hydrogens (tertiary/aromatic N) is 1. The molecular weight excluding hydrogens is 322 g/mol. The van der Waals surface area contributed by atoms with Gasteiger partial charge < -0.3 is 9.64 Å². The summed E-state index contributed by atoms with van der Waals surface area (Å²) in [7, 11) is 4.20. The van der Waals surface area contributed by atoms with Crippen molar-refractivity contribution in [2.75, 3.05) is 27.2 Å². The van der Waals surface area contributed by atoms with Crippen LogP contribution in [0.25, 0.3) is 0 Å².